The molecule has 2 N–H and O–H groups in total. The van der Waals surface area contributed by atoms with Gasteiger partial charge in [0, 0.05) is 12.8 Å². The molecular weight excluding hydrogens is 476 g/mol. The third kappa shape index (κ3) is 92.3. The molecule has 0 radical (unpaired) electrons. The Morgan fingerprint density at radius 3 is 1.26 bits per heavy atom. The summed E-state index contributed by atoms with van der Waals surface area (Å²) in [5.41, 5.74) is 2.57. The van der Waals surface area contributed by atoms with E-state index in [0.717, 1.165) is 32.7 Å². The Balaban J connectivity index is -0.0000000450. The smallest absolute Gasteiger partial charge is 0.194 e. The molecule has 4 rings (SSSR count). The number of aliphatic imine (C=N–C) groups is 1. The van der Waals surface area contributed by atoms with Crippen molar-refractivity contribution in [1.82, 2.24) is 10.7 Å². The van der Waals surface area contributed by atoms with Crippen LogP contribution in [-0.2, 0) is 14.2 Å². The summed E-state index contributed by atoms with van der Waals surface area (Å²) in [6, 6.07) is 0. The summed E-state index contributed by atoms with van der Waals surface area (Å²) in [5, 5.41) is 6.68. The minimum Gasteiger partial charge on any atom is -0.460 e. The summed E-state index contributed by atoms with van der Waals surface area (Å²) in [6.45, 7) is 37.8. The first-order valence-corrected chi connectivity index (χ1v) is 15.5. The van der Waals surface area contributed by atoms with Gasteiger partial charge in [-0.25, -0.2) is 0 Å². The molecule has 0 aromatic carbocycles. The highest BCUT2D eigenvalue weighted by Gasteiger charge is 1.86. The highest BCUT2D eigenvalue weighted by atomic mass is 16.5. The molecule has 0 amide bonds. The molecule has 0 saturated carbocycles. The highest BCUT2D eigenvalue weighted by Crippen LogP contribution is 1.91. The van der Waals surface area contributed by atoms with E-state index >= 15 is 0 Å². The van der Waals surface area contributed by atoms with E-state index < -0.39 is 0 Å². The van der Waals surface area contributed by atoms with Crippen LogP contribution in [0.2, 0.25) is 0 Å². The lowest BCUT2D eigenvalue weighted by Gasteiger charge is -2.01. The predicted octanol–water partition coefficient (Wildman–Crippen LogP) is 9.26. The molecule has 7 heteroatoms. The van der Waals surface area contributed by atoms with Crippen molar-refractivity contribution in [3.63, 3.8) is 0 Å². The Labute approximate surface area is 242 Å². The molecule has 0 aromatic rings. The van der Waals surface area contributed by atoms with Gasteiger partial charge in [-0.15, -0.1) is 5.10 Å². The molecule has 0 saturated heterocycles. The lowest BCUT2D eigenvalue weighted by Crippen LogP contribution is -2.17. The molecule has 4 heterocycles. The Kier molecular flexibility index (Phi) is 150. The Bertz CT molecular complexity index is 301. The predicted molar refractivity (Wildman–Crippen MR) is 179 cm³/mol. The molecule has 236 valence electrons. The standard InChI is InChI=1S/C5H9N.C5H8O.C3H5NO.C2H4N2O.8C2H6/c2*1-2-4-6-5-3-1;1-2-5-3-4-1;1-3-4-2-5-1;8*1-2/h1-2,6H,3-5H2;1-2H,3-5H2;1H,2-3H2;1,4H,2H2;8*1-2H3. The first-order valence-electron chi connectivity index (χ1n) is 15.5. The van der Waals surface area contributed by atoms with Crippen molar-refractivity contribution in [3.8, 4) is 0 Å². The third-order valence-electron chi connectivity index (χ3n) is 2.58. The van der Waals surface area contributed by atoms with Crippen LogP contribution in [0.3, 0.4) is 0 Å². The van der Waals surface area contributed by atoms with Crippen LogP contribution < -0.4 is 10.7 Å². The molecule has 0 aromatic heterocycles. The second-order valence-electron chi connectivity index (χ2n) is 4.37. The van der Waals surface area contributed by atoms with Gasteiger partial charge >= 0.3 is 0 Å². The van der Waals surface area contributed by atoms with Crippen LogP contribution in [0.4, 0.5) is 0 Å². The van der Waals surface area contributed by atoms with Gasteiger partial charge in [0.1, 0.15) is 6.73 Å². The highest BCUT2D eigenvalue weighted by molar-refractivity contribution is 5.59. The monoisotopic (exact) mass is 551 g/mol. The van der Waals surface area contributed by atoms with Gasteiger partial charge in [0.25, 0.3) is 0 Å². The number of nitrogens with zero attached hydrogens (tertiary/aromatic N) is 2. The summed E-state index contributed by atoms with van der Waals surface area (Å²) >= 11 is 0. The quantitative estimate of drug-likeness (QED) is 0.294. The van der Waals surface area contributed by atoms with Gasteiger partial charge in [-0.2, -0.15) is 0 Å². The van der Waals surface area contributed by atoms with Gasteiger partial charge in [0.05, 0.1) is 19.8 Å². The first-order chi connectivity index (χ1) is 19.0. The van der Waals surface area contributed by atoms with Crippen molar-refractivity contribution < 1.29 is 14.2 Å². The van der Waals surface area contributed by atoms with Crippen LogP contribution in [0, 0.1) is 0 Å². The molecular formula is C31H74N4O3. The molecule has 4 aliphatic rings. The topological polar surface area (TPSA) is 76.5 Å². The SMILES string of the molecule is C1=CCNCC1.C1=CCOCC1.C1=NCOC1.C1=NNCO1.CC.CC.CC.CC.CC.CC.CC.CC. The van der Waals surface area contributed by atoms with Gasteiger partial charge in [-0.3, -0.25) is 10.4 Å². The van der Waals surface area contributed by atoms with E-state index in [4.69, 9.17) is 9.47 Å². The van der Waals surface area contributed by atoms with Gasteiger partial charge in [0.2, 0.25) is 0 Å². The maximum absolute atomic E-state index is 4.98. The molecule has 7 nitrogen and oxygen atoms in total. The van der Waals surface area contributed by atoms with Gasteiger partial charge in [-0.1, -0.05) is 135 Å². The van der Waals surface area contributed by atoms with E-state index in [9.17, 15) is 0 Å². The average Bonchev–Trinajstić information content (AvgIpc) is 3.88. The summed E-state index contributed by atoms with van der Waals surface area (Å²) in [7, 11) is 0. The van der Waals surface area contributed by atoms with Crippen LogP contribution in [0.1, 0.15) is 124 Å². The van der Waals surface area contributed by atoms with E-state index in [0.29, 0.717) is 20.1 Å². The molecule has 0 spiro atoms. The van der Waals surface area contributed by atoms with Crippen LogP contribution in [-0.4, -0.2) is 59.0 Å². The number of hydrogen-bond donors (Lipinski definition) is 2. The van der Waals surface area contributed by atoms with Crippen molar-refractivity contribution in [3.05, 3.63) is 24.3 Å². The normalized spacial score (nSPS) is 13.1. The lowest BCUT2D eigenvalue weighted by molar-refractivity contribution is 0.158. The first kappa shape index (κ1) is 56.5. The fraction of sp³-hybridized carbons (Fsp3) is 0.806. The molecule has 0 fully saturated rings. The molecule has 38 heavy (non-hydrogen) atoms. The zero-order valence-corrected chi connectivity index (χ0v) is 28.9. The van der Waals surface area contributed by atoms with Gasteiger partial charge in [-0.05, 0) is 19.4 Å². The van der Waals surface area contributed by atoms with E-state index in [1.165, 1.54) is 12.8 Å². The number of rotatable bonds is 0. The molecule has 0 atom stereocenters. The van der Waals surface area contributed by atoms with Crippen LogP contribution in [0.15, 0.2) is 34.4 Å². The number of hydrazone groups is 1. The second-order valence-corrected chi connectivity index (χ2v) is 4.37. The van der Waals surface area contributed by atoms with Gasteiger partial charge < -0.3 is 19.5 Å². The minimum absolute atomic E-state index is 0.528. The van der Waals surface area contributed by atoms with Gasteiger partial charge in [0.15, 0.2) is 13.1 Å². The fourth-order valence-corrected chi connectivity index (χ4v) is 1.51. The fourth-order valence-electron chi connectivity index (χ4n) is 1.51. The zero-order chi connectivity index (χ0) is 31.6. The van der Waals surface area contributed by atoms with Crippen LogP contribution >= 0.6 is 0 Å². The second kappa shape index (κ2) is 101. The molecule has 0 aliphatic carbocycles. The summed E-state index contributed by atoms with van der Waals surface area (Å²) in [6.07, 6.45) is 14.0. The van der Waals surface area contributed by atoms with Crippen molar-refractivity contribution in [1.29, 1.82) is 0 Å². The van der Waals surface area contributed by atoms with E-state index in [1.807, 2.05) is 117 Å². The lowest BCUT2D eigenvalue weighted by atomic mass is 10.3. The largest absolute Gasteiger partial charge is 0.460 e. The van der Waals surface area contributed by atoms with Crippen molar-refractivity contribution in [2.75, 3.05) is 46.4 Å². The number of ether oxygens (including phenoxy) is 3. The number of nitrogens with one attached hydrogen (secondary N) is 2. The van der Waals surface area contributed by atoms with E-state index in [-0.39, 0.29) is 0 Å². The van der Waals surface area contributed by atoms with Crippen molar-refractivity contribution in [2.24, 2.45) is 10.1 Å². The van der Waals surface area contributed by atoms with E-state index in [1.54, 1.807) is 6.21 Å². The zero-order valence-electron chi connectivity index (χ0n) is 28.9. The third-order valence-corrected chi connectivity index (χ3v) is 2.58. The van der Waals surface area contributed by atoms with Crippen LogP contribution in [0.5, 0.6) is 0 Å². The van der Waals surface area contributed by atoms with E-state index in [2.05, 4.69) is 43.8 Å². The van der Waals surface area contributed by atoms with Crippen LogP contribution in [0.25, 0.3) is 0 Å². The Morgan fingerprint density at radius 1 is 0.605 bits per heavy atom. The Morgan fingerprint density at radius 2 is 1.16 bits per heavy atom. The maximum Gasteiger partial charge on any atom is 0.194 e. The molecule has 4 aliphatic heterocycles. The summed E-state index contributed by atoms with van der Waals surface area (Å²) in [4.78, 5) is 3.74. The maximum atomic E-state index is 4.98. The summed E-state index contributed by atoms with van der Waals surface area (Å²) < 4.78 is 14.2. The van der Waals surface area contributed by atoms with Crippen molar-refractivity contribution >= 4 is 12.6 Å². The number of hydrogen-bond acceptors (Lipinski definition) is 7. The molecule has 0 unspecified atom stereocenters. The van der Waals surface area contributed by atoms with Crippen molar-refractivity contribution in [2.45, 2.75) is 124 Å². The Hall–Kier alpha value is -1.70. The minimum atomic E-state index is 0.528. The average molecular weight is 551 g/mol. The summed E-state index contributed by atoms with van der Waals surface area (Å²) in [5.74, 6) is 0. The molecule has 0 bridgehead atoms.